The fraction of sp³-hybridized carbons (Fsp3) is 0.167. The molecule has 27 heavy (non-hydrogen) atoms. The first kappa shape index (κ1) is 17.8. The van der Waals surface area contributed by atoms with E-state index in [4.69, 9.17) is 16.0 Å². The molecule has 1 aromatic heterocycles. The zero-order valence-electron chi connectivity index (χ0n) is 15.6. The van der Waals surface area contributed by atoms with Crippen LogP contribution in [0.25, 0.3) is 22.1 Å². The second-order valence-corrected chi connectivity index (χ2v) is 7.37. The smallest absolute Gasteiger partial charge is 0.135 e. The number of furan rings is 1. The molecule has 3 heteroatoms. The Morgan fingerprint density at radius 1 is 0.852 bits per heavy atom. The van der Waals surface area contributed by atoms with Gasteiger partial charge < -0.3 is 9.73 Å². The fourth-order valence-electron chi connectivity index (χ4n) is 3.38. The van der Waals surface area contributed by atoms with Crippen molar-refractivity contribution < 1.29 is 4.42 Å². The molecule has 0 aliphatic heterocycles. The fourth-order valence-corrected chi connectivity index (χ4v) is 3.58. The van der Waals surface area contributed by atoms with E-state index < -0.39 is 0 Å². The largest absolute Gasteiger partial charge is 0.459 e. The van der Waals surface area contributed by atoms with Gasteiger partial charge in [0.1, 0.15) is 11.3 Å². The van der Waals surface area contributed by atoms with Gasteiger partial charge in [0.15, 0.2) is 0 Å². The van der Waals surface area contributed by atoms with Crippen LogP contribution in [0.3, 0.4) is 0 Å². The van der Waals surface area contributed by atoms with Crippen molar-refractivity contribution in [3.63, 3.8) is 0 Å². The summed E-state index contributed by atoms with van der Waals surface area (Å²) in [6, 6.07) is 22.9. The van der Waals surface area contributed by atoms with E-state index in [9.17, 15) is 0 Å². The summed E-state index contributed by atoms with van der Waals surface area (Å²) in [4.78, 5) is 0. The van der Waals surface area contributed by atoms with Crippen LogP contribution in [0.1, 0.15) is 22.5 Å². The number of hydrogen-bond acceptors (Lipinski definition) is 2. The lowest BCUT2D eigenvalue weighted by atomic mass is 9.99. The summed E-state index contributed by atoms with van der Waals surface area (Å²) in [6.45, 7) is 5.55. The zero-order valence-corrected chi connectivity index (χ0v) is 16.3. The molecule has 0 fully saturated rings. The molecule has 3 aromatic carbocycles. The number of nitrogens with one attached hydrogen (secondary N) is 1. The molecular formula is C24H22ClNO. The van der Waals surface area contributed by atoms with Crippen LogP contribution in [-0.2, 0) is 13.1 Å². The topological polar surface area (TPSA) is 25.2 Å². The maximum absolute atomic E-state index is 6.27. The van der Waals surface area contributed by atoms with Crippen molar-refractivity contribution in [2.75, 3.05) is 0 Å². The molecule has 0 radical (unpaired) electrons. The Bertz CT molecular complexity index is 1080. The number of fused-ring (bicyclic) bond motifs is 1. The lowest BCUT2D eigenvalue weighted by molar-refractivity contribution is 0.515. The van der Waals surface area contributed by atoms with E-state index in [1.807, 2.05) is 24.3 Å². The van der Waals surface area contributed by atoms with Gasteiger partial charge in [-0.05, 0) is 43.2 Å². The number of rotatable bonds is 5. The number of aryl methyl sites for hydroxylation is 2. The average molecular weight is 376 g/mol. The third-order valence-electron chi connectivity index (χ3n) is 4.82. The van der Waals surface area contributed by atoms with Gasteiger partial charge in [-0.2, -0.15) is 0 Å². The van der Waals surface area contributed by atoms with Gasteiger partial charge in [-0.3, -0.25) is 0 Å². The van der Waals surface area contributed by atoms with Gasteiger partial charge in [-0.25, -0.2) is 0 Å². The van der Waals surface area contributed by atoms with Crippen LogP contribution in [0.5, 0.6) is 0 Å². The summed E-state index contributed by atoms with van der Waals surface area (Å²) in [5.41, 5.74) is 6.84. The molecule has 0 bridgehead atoms. The van der Waals surface area contributed by atoms with Gasteiger partial charge in [0, 0.05) is 22.5 Å². The molecule has 136 valence electrons. The van der Waals surface area contributed by atoms with Gasteiger partial charge in [0.25, 0.3) is 0 Å². The second kappa shape index (κ2) is 7.59. The molecule has 0 saturated carbocycles. The Morgan fingerprint density at radius 2 is 1.59 bits per heavy atom. The van der Waals surface area contributed by atoms with Gasteiger partial charge in [0.2, 0.25) is 0 Å². The highest BCUT2D eigenvalue weighted by molar-refractivity contribution is 6.31. The SMILES string of the molecule is Cc1ccc(-c2c(CNCc3ccccc3Cl)oc3ccc(C)cc23)cc1. The van der Waals surface area contributed by atoms with Crippen molar-refractivity contribution in [1.29, 1.82) is 0 Å². The van der Waals surface area contributed by atoms with E-state index in [0.29, 0.717) is 13.1 Å². The molecule has 4 aromatic rings. The van der Waals surface area contributed by atoms with E-state index in [0.717, 1.165) is 27.3 Å². The first-order chi connectivity index (χ1) is 13.1. The molecule has 0 aliphatic rings. The van der Waals surface area contributed by atoms with Crippen LogP contribution in [0.15, 0.2) is 71.1 Å². The Hall–Kier alpha value is -2.55. The molecule has 1 N–H and O–H groups in total. The molecule has 0 saturated heterocycles. The molecule has 0 aliphatic carbocycles. The predicted molar refractivity (Wildman–Crippen MR) is 113 cm³/mol. The van der Waals surface area contributed by atoms with E-state index in [1.165, 1.54) is 22.3 Å². The van der Waals surface area contributed by atoms with Crippen LogP contribution in [-0.4, -0.2) is 0 Å². The van der Waals surface area contributed by atoms with Crippen molar-refractivity contribution in [2.24, 2.45) is 0 Å². The first-order valence-electron chi connectivity index (χ1n) is 9.15. The molecule has 1 heterocycles. The average Bonchev–Trinajstić information content (AvgIpc) is 3.01. The van der Waals surface area contributed by atoms with Crippen molar-refractivity contribution in [2.45, 2.75) is 26.9 Å². The quantitative estimate of drug-likeness (QED) is 0.422. The van der Waals surface area contributed by atoms with E-state index in [2.05, 4.69) is 61.6 Å². The van der Waals surface area contributed by atoms with Crippen molar-refractivity contribution in [3.8, 4) is 11.1 Å². The molecule has 0 spiro atoms. The van der Waals surface area contributed by atoms with Crippen LogP contribution >= 0.6 is 11.6 Å². The molecule has 2 nitrogen and oxygen atoms in total. The number of benzene rings is 3. The maximum Gasteiger partial charge on any atom is 0.135 e. The molecule has 0 unspecified atom stereocenters. The second-order valence-electron chi connectivity index (χ2n) is 6.96. The highest BCUT2D eigenvalue weighted by atomic mass is 35.5. The lowest BCUT2D eigenvalue weighted by Crippen LogP contribution is -2.13. The maximum atomic E-state index is 6.27. The number of hydrogen-bond donors (Lipinski definition) is 1. The van der Waals surface area contributed by atoms with Gasteiger partial charge in [-0.15, -0.1) is 0 Å². The highest BCUT2D eigenvalue weighted by Gasteiger charge is 2.16. The Balaban J connectivity index is 1.68. The highest BCUT2D eigenvalue weighted by Crippen LogP contribution is 2.35. The summed E-state index contributed by atoms with van der Waals surface area (Å²) in [5, 5.41) is 5.42. The zero-order chi connectivity index (χ0) is 18.8. The van der Waals surface area contributed by atoms with Crippen molar-refractivity contribution >= 4 is 22.6 Å². The molecule has 0 amide bonds. The lowest BCUT2D eigenvalue weighted by Gasteiger charge is -2.08. The van der Waals surface area contributed by atoms with Crippen LogP contribution in [0.2, 0.25) is 5.02 Å². The Morgan fingerprint density at radius 3 is 2.37 bits per heavy atom. The summed E-state index contributed by atoms with van der Waals surface area (Å²) in [7, 11) is 0. The first-order valence-corrected chi connectivity index (χ1v) is 9.53. The Kier molecular flexibility index (Phi) is 5.02. The molecule has 0 atom stereocenters. The van der Waals surface area contributed by atoms with E-state index in [1.54, 1.807) is 0 Å². The van der Waals surface area contributed by atoms with E-state index in [-0.39, 0.29) is 0 Å². The minimum atomic E-state index is 0.641. The summed E-state index contributed by atoms with van der Waals surface area (Å²) in [6.07, 6.45) is 0. The van der Waals surface area contributed by atoms with Crippen LogP contribution in [0, 0.1) is 13.8 Å². The van der Waals surface area contributed by atoms with Gasteiger partial charge in [0.05, 0.1) is 6.54 Å². The molecular weight excluding hydrogens is 354 g/mol. The molecule has 4 rings (SSSR count). The third-order valence-corrected chi connectivity index (χ3v) is 5.18. The minimum Gasteiger partial charge on any atom is -0.459 e. The third kappa shape index (κ3) is 3.78. The monoisotopic (exact) mass is 375 g/mol. The van der Waals surface area contributed by atoms with Gasteiger partial charge in [-0.1, -0.05) is 71.3 Å². The minimum absolute atomic E-state index is 0.641. The summed E-state index contributed by atoms with van der Waals surface area (Å²) < 4.78 is 6.21. The standard InChI is InChI=1S/C24H22ClNO/c1-16-7-10-18(11-8-16)24-20-13-17(2)9-12-22(20)27-23(24)15-26-14-19-5-3-4-6-21(19)25/h3-13,26H,14-15H2,1-2H3. The summed E-state index contributed by atoms with van der Waals surface area (Å²) >= 11 is 6.27. The van der Waals surface area contributed by atoms with Gasteiger partial charge >= 0.3 is 0 Å². The van der Waals surface area contributed by atoms with Crippen molar-refractivity contribution in [3.05, 3.63) is 94.2 Å². The number of halogens is 1. The van der Waals surface area contributed by atoms with Crippen molar-refractivity contribution in [1.82, 2.24) is 5.32 Å². The van der Waals surface area contributed by atoms with Crippen LogP contribution < -0.4 is 5.32 Å². The Labute approximate surface area is 164 Å². The van der Waals surface area contributed by atoms with E-state index >= 15 is 0 Å². The van der Waals surface area contributed by atoms with Crippen LogP contribution in [0.4, 0.5) is 0 Å². The summed E-state index contributed by atoms with van der Waals surface area (Å²) in [5.74, 6) is 0.950. The predicted octanol–water partition coefficient (Wildman–Crippen LogP) is 6.66. The normalized spacial score (nSPS) is 11.2.